The third kappa shape index (κ3) is 3.96. The van der Waals surface area contributed by atoms with Crippen molar-refractivity contribution >= 4 is 10.0 Å². The average Bonchev–Trinajstić information content (AvgIpc) is 2.58. The lowest BCUT2D eigenvalue weighted by Gasteiger charge is -2.16. The molecule has 136 valence electrons. The van der Waals surface area contributed by atoms with E-state index in [0.29, 0.717) is 16.4 Å². The van der Waals surface area contributed by atoms with Gasteiger partial charge < -0.3 is 9.47 Å². The minimum absolute atomic E-state index is 0.175. The smallest absolute Gasteiger partial charge is 0.241 e. The van der Waals surface area contributed by atoms with Gasteiger partial charge in [-0.05, 0) is 67.6 Å². The topological polar surface area (TPSA) is 64.6 Å². The summed E-state index contributed by atoms with van der Waals surface area (Å²) < 4.78 is 38.9. The van der Waals surface area contributed by atoms with E-state index in [9.17, 15) is 8.42 Å². The summed E-state index contributed by atoms with van der Waals surface area (Å²) in [5.41, 5.74) is 4.29. The van der Waals surface area contributed by atoms with Crippen LogP contribution in [-0.2, 0) is 16.6 Å². The fraction of sp³-hybridized carbons (Fsp3) is 0.368. The van der Waals surface area contributed by atoms with Crippen LogP contribution >= 0.6 is 0 Å². The van der Waals surface area contributed by atoms with E-state index in [1.54, 1.807) is 26.4 Å². The van der Waals surface area contributed by atoms with Crippen LogP contribution in [-0.4, -0.2) is 22.6 Å². The Morgan fingerprint density at radius 2 is 1.44 bits per heavy atom. The normalized spacial score (nSPS) is 11.4. The molecule has 0 saturated carbocycles. The molecule has 0 aliphatic carbocycles. The van der Waals surface area contributed by atoms with E-state index in [2.05, 4.69) is 4.72 Å². The number of rotatable bonds is 6. The van der Waals surface area contributed by atoms with Gasteiger partial charge in [-0.25, -0.2) is 13.1 Å². The van der Waals surface area contributed by atoms with Crippen LogP contribution < -0.4 is 14.2 Å². The van der Waals surface area contributed by atoms with Gasteiger partial charge in [0.2, 0.25) is 10.0 Å². The number of ether oxygens (including phenoxy) is 2. The Bertz CT molecular complexity index is 863. The van der Waals surface area contributed by atoms with Gasteiger partial charge in [0, 0.05) is 6.54 Å². The van der Waals surface area contributed by atoms with Crippen molar-refractivity contribution in [1.82, 2.24) is 4.72 Å². The molecule has 0 amide bonds. The first-order valence-electron chi connectivity index (χ1n) is 7.99. The Morgan fingerprint density at radius 3 is 1.96 bits per heavy atom. The summed E-state index contributed by atoms with van der Waals surface area (Å²) in [6, 6.07) is 7.35. The fourth-order valence-corrected chi connectivity index (χ4v) is 4.45. The van der Waals surface area contributed by atoms with Crippen molar-refractivity contribution in [2.24, 2.45) is 0 Å². The lowest BCUT2D eigenvalue weighted by molar-refractivity contribution is 0.354. The Kier molecular flexibility index (Phi) is 5.75. The molecular weight excluding hydrogens is 338 g/mol. The fourth-order valence-electron chi connectivity index (χ4n) is 2.82. The van der Waals surface area contributed by atoms with Gasteiger partial charge in [-0.2, -0.15) is 0 Å². The number of sulfonamides is 1. The van der Waals surface area contributed by atoms with Gasteiger partial charge in [0.1, 0.15) is 0 Å². The number of hydrogen-bond acceptors (Lipinski definition) is 4. The predicted molar refractivity (Wildman–Crippen MR) is 99.0 cm³/mol. The van der Waals surface area contributed by atoms with Gasteiger partial charge in [-0.1, -0.05) is 12.1 Å². The van der Waals surface area contributed by atoms with Gasteiger partial charge in [0.05, 0.1) is 19.1 Å². The van der Waals surface area contributed by atoms with E-state index in [-0.39, 0.29) is 6.54 Å². The zero-order valence-corrected chi connectivity index (χ0v) is 16.4. The number of benzene rings is 2. The summed E-state index contributed by atoms with van der Waals surface area (Å²) in [7, 11) is -0.511. The van der Waals surface area contributed by atoms with E-state index in [0.717, 1.165) is 27.8 Å². The largest absolute Gasteiger partial charge is 0.493 e. The number of methoxy groups -OCH3 is 2. The maximum absolute atomic E-state index is 12.9. The van der Waals surface area contributed by atoms with E-state index in [4.69, 9.17) is 9.47 Å². The molecule has 1 N–H and O–H groups in total. The Labute approximate surface area is 150 Å². The Hall–Kier alpha value is -2.05. The molecule has 0 aliphatic heterocycles. The molecule has 5 nitrogen and oxygen atoms in total. The SMILES string of the molecule is COc1ccc(CNS(=O)(=O)c2c(C)c(C)cc(C)c2C)cc1OC. The molecule has 0 heterocycles. The standard InChI is InChI=1S/C19H25NO4S/c1-12-9-13(2)15(4)19(14(12)3)25(21,22)20-11-16-7-8-17(23-5)18(10-16)24-6/h7-10,20H,11H2,1-6H3. The van der Waals surface area contributed by atoms with Crippen LogP contribution in [0.2, 0.25) is 0 Å². The highest BCUT2D eigenvalue weighted by atomic mass is 32.2. The van der Waals surface area contributed by atoms with Crippen LogP contribution in [0.4, 0.5) is 0 Å². The molecule has 0 fully saturated rings. The first-order valence-corrected chi connectivity index (χ1v) is 9.47. The quantitative estimate of drug-likeness (QED) is 0.854. The summed E-state index contributed by atoms with van der Waals surface area (Å²) >= 11 is 0. The molecule has 0 bridgehead atoms. The predicted octanol–water partition coefficient (Wildman–Crippen LogP) is 3.42. The van der Waals surface area contributed by atoms with Gasteiger partial charge >= 0.3 is 0 Å². The number of hydrogen-bond donors (Lipinski definition) is 1. The first-order chi connectivity index (χ1) is 11.7. The summed E-state index contributed by atoms with van der Waals surface area (Å²) in [6.07, 6.45) is 0. The van der Waals surface area contributed by atoms with E-state index in [1.807, 2.05) is 39.8 Å². The second-order valence-electron chi connectivity index (χ2n) is 6.10. The molecule has 0 saturated heterocycles. The highest BCUT2D eigenvalue weighted by Gasteiger charge is 2.22. The average molecular weight is 363 g/mol. The van der Waals surface area contributed by atoms with Crippen molar-refractivity contribution < 1.29 is 17.9 Å². The number of nitrogens with one attached hydrogen (secondary N) is 1. The zero-order chi connectivity index (χ0) is 18.8. The second-order valence-corrected chi connectivity index (χ2v) is 7.81. The van der Waals surface area contributed by atoms with Crippen molar-refractivity contribution in [2.75, 3.05) is 14.2 Å². The summed E-state index contributed by atoms with van der Waals surface area (Å²) in [6.45, 7) is 7.71. The van der Waals surface area contributed by atoms with Gasteiger partial charge in [-0.3, -0.25) is 0 Å². The van der Waals surface area contributed by atoms with Crippen LogP contribution in [0, 0.1) is 27.7 Å². The van der Waals surface area contributed by atoms with E-state index >= 15 is 0 Å². The van der Waals surface area contributed by atoms with Crippen LogP contribution in [0.3, 0.4) is 0 Å². The Balaban J connectivity index is 2.32. The minimum Gasteiger partial charge on any atom is -0.493 e. The van der Waals surface area contributed by atoms with Crippen molar-refractivity contribution in [3.8, 4) is 11.5 Å². The molecule has 2 aromatic rings. The van der Waals surface area contributed by atoms with E-state index < -0.39 is 10.0 Å². The molecule has 25 heavy (non-hydrogen) atoms. The maximum Gasteiger partial charge on any atom is 0.241 e. The van der Waals surface area contributed by atoms with Gasteiger partial charge in [0.25, 0.3) is 0 Å². The van der Waals surface area contributed by atoms with Crippen molar-refractivity contribution in [1.29, 1.82) is 0 Å². The second kappa shape index (κ2) is 7.45. The molecule has 0 aromatic heterocycles. The third-order valence-electron chi connectivity index (χ3n) is 4.48. The first kappa shape index (κ1) is 19.3. The summed E-state index contributed by atoms with van der Waals surface area (Å²) in [5.74, 6) is 1.17. The molecule has 0 atom stereocenters. The summed E-state index contributed by atoms with van der Waals surface area (Å²) in [4.78, 5) is 0.366. The van der Waals surface area contributed by atoms with Crippen LogP contribution in [0.15, 0.2) is 29.2 Å². The molecular formula is C19H25NO4S. The Morgan fingerprint density at radius 1 is 0.880 bits per heavy atom. The molecule has 2 rings (SSSR count). The van der Waals surface area contributed by atoms with Crippen LogP contribution in [0.1, 0.15) is 27.8 Å². The third-order valence-corrected chi connectivity index (χ3v) is 6.15. The van der Waals surface area contributed by atoms with Crippen molar-refractivity contribution in [3.63, 3.8) is 0 Å². The molecule has 0 radical (unpaired) electrons. The summed E-state index contributed by atoms with van der Waals surface area (Å²) in [5, 5.41) is 0. The molecule has 2 aromatic carbocycles. The van der Waals surface area contributed by atoms with E-state index in [1.165, 1.54) is 0 Å². The molecule has 0 aliphatic rings. The molecule has 0 unspecified atom stereocenters. The van der Waals surface area contributed by atoms with Crippen LogP contribution in [0.25, 0.3) is 0 Å². The maximum atomic E-state index is 12.9. The molecule has 6 heteroatoms. The van der Waals surface area contributed by atoms with Gasteiger partial charge in [-0.15, -0.1) is 0 Å². The lowest BCUT2D eigenvalue weighted by atomic mass is 10.0. The molecule has 0 spiro atoms. The highest BCUT2D eigenvalue weighted by molar-refractivity contribution is 7.89. The zero-order valence-electron chi connectivity index (χ0n) is 15.6. The van der Waals surface area contributed by atoms with Crippen LogP contribution in [0.5, 0.6) is 11.5 Å². The minimum atomic E-state index is -3.62. The van der Waals surface area contributed by atoms with Gasteiger partial charge in [0.15, 0.2) is 11.5 Å². The monoisotopic (exact) mass is 363 g/mol. The number of aryl methyl sites for hydroxylation is 2. The highest BCUT2D eigenvalue weighted by Crippen LogP contribution is 2.29. The van der Waals surface area contributed by atoms with Crippen molar-refractivity contribution in [3.05, 3.63) is 52.1 Å². The lowest BCUT2D eigenvalue weighted by Crippen LogP contribution is -2.25. The van der Waals surface area contributed by atoms with Crippen molar-refractivity contribution in [2.45, 2.75) is 39.1 Å².